The topological polar surface area (TPSA) is 330 Å². The van der Waals surface area contributed by atoms with E-state index in [9.17, 15) is 19.2 Å². The molecule has 0 radical (unpaired) electrons. The fourth-order valence-electron chi connectivity index (χ4n) is 12.8. The second kappa shape index (κ2) is 41.1. The highest BCUT2D eigenvalue weighted by molar-refractivity contribution is 9.10. The van der Waals surface area contributed by atoms with Crippen LogP contribution in [0.1, 0.15) is 86.1 Å². The zero-order chi connectivity index (χ0) is 86.7. The van der Waals surface area contributed by atoms with Crippen molar-refractivity contribution in [1.82, 2.24) is 69.5 Å². The molecule has 0 saturated carbocycles. The van der Waals surface area contributed by atoms with Crippen molar-refractivity contribution in [3.05, 3.63) is 245 Å². The van der Waals surface area contributed by atoms with Gasteiger partial charge >= 0.3 is 0 Å². The molecular formula is C92H97BrCl2N22O4. The smallest absolute Gasteiger partial charge is 0.228 e. The van der Waals surface area contributed by atoms with Gasteiger partial charge in [-0.2, -0.15) is 0 Å². The quantitative estimate of drug-likeness (QED) is 0.0527. The number of hydrogen-bond acceptors (Lipinski definition) is 22. The Bertz CT molecular complexity index is 6010. The van der Waals surface area contributed by atoms with Gasteiger partial charge in [-0.25, -0.2) is 39.9 Å². The zero-order valence-electron chi connectivity index (χ0n) is 70.0. The number of rotatable bonds is 12. The first kappa shape index (κ1) is 88.8. The van der Waals surface area contributed by atoms with Gasteiger partial charge in [-0.15, -0.1) is 6.42 Å². The van der Waals surface area contributed by atoms with Crippen LogP contribution in [-0.2, 0) is 51.3 Å². The standard InChI is InChI=1S/C24H28N6O.C24H24N6O.C19H16ClN5O.C13H12N4O.C7H6BrCl.C5H9N.H2/c2*1-15-7-8-19-21(10-15)27-22(31)12-18-14-26-24(29-23(18)19)28-20-11-17(13-25-16(20)2)6-5-9-30(3)4;1-10-3-4-14-16(5-10)23-17(26)6-12-8-22-19(25-18(12)14)24-15-7-13(20)9-21-11(15)2;1-7-2-3-9-10(4-7)16-11(18)5-8-6-15-13(14)17-12(8)9;1-5-2-3-6(9)4-7(5)8;1-4-5-6(2)3;/h7-8,10-11,13-14H,5-6,9,12H2,1-4H3,(H,27,31)(H,26,28,29);7-8,10-11,13-14H,9,12H2,1-4H3,(H,27,31)(H,26,28,29);3-5,7-9H,6H2,1-2H3,(H,23,26)(H,22,24,25);2-4,6H,5H2,1H3,(H,16,18)(H2,14,15,17);2-4H,1H3;1H,5H2,2-3H3;1H. The molecule has 4 aliphatic heterocycles. The number of amides is 4. The molecule has 0 fully saturated rings. The number of fused-ring (bicyclic) bond motifs is 12. The van der Waals surface area contributed by atoms with Crippen LogP contribution >= 0.6 is 39.1 Å². The third-order valence-electron chi connectivity index (χ3n) is 19.0. The van der Waals surface area contributed by atoms with Crippen LogP contribution in [0, 0.1) is 79.6 Å². The number of anilines is 11. The van der Waals surface area contributed by atoms with Crippen LogP contribution in [0.15, 0.2) is 157 Å². The molecule has 12 aromatic rings. The van der Waals surface area contributed by atoms with Crippen LogP contribution in [0.3, 0.4) is 0 Å². The molecule has 7 aromatic heterocycles. The Kier molecular flexibility index (Phi) is 30.2. The van der Waals surface area contributed by atoms with Gasteiger partial charge in [0.25, 0.3) is 0 Å². The minimum Gasteiger partial charge on any atom is -0.368 e. The number of hydrogen-bond donors (Lipinski definition) is 8. The van der Waals surface area contributed by atoms with E-state index in [0.29, 0.717) is 29.4 Å². The van der Waals surface area contributed by atoms with Crippen LogP contribution in [-0.4, -0.2) is 155 Å². The van der Waals surface area contributed by atoms with Crippen LogP contribution in [0.2, 0.25) is 10.0 Å². The normalized spacial score (nSPS) is 12.2. The summed E-state index contributed by atoms with van der Waals surface area (Å²) in [4.78, 5) is 104. The summed E-state index contributed by atoms with van der Waals surface area (Å²) in [6.07, 6.45) is 20.0. The maximum atomic E-state index is 12.3. The van der Waals surface area contributed by atoms with E-state index in [-0.39, 0.29) is 56.7 Å². The van der Waals surface area contributed by atoms with Crippen LogP contribution in [0.5, 0.6) is 0 Å². The molecule has 16 rings (SSSR count). The number of carbonyl (C=O) groups is 4. The Morgan fingerprint density at radius 1 is 0.446 bits per heavy atom. The molecule has 5 aromatic carbocycles. The highest BCUT2D eigenvalue weighted by Gasteiger charge is 2.26. The first-order valence-corrected chi connectivity index (χ1v) is 40.4. The number of benzene rings is 5. The first-order chi connectivity index (χ1) is 57.9. The van der Waals surface area contributed by atoms with E-state index < -0.39 is 0 Å². The molecule has 26 nitrogen and oxygen atoms in total. The first-order valence-electron chi connectivity index (χ1n) is 38.8. The number of pyridine rings is 3. The third-order valence-corrected chi connectivity index (χ3v) is 20.3. The Morgan fingerprint density at radius 2 is 0.835 bits per heavy atom. The van der Waals surface area contributed by atoms with E-state index in [1.807, 2.05) is 197 Å². The van der Waals surface area contributed by atoms with E-state index in [2.05, 4.69) is 141 Å². The number of aromatic nitrogens is 11. The van der Waals surface area contributed by atoms with Crippen LogP contribution in [0.25, 0.3) is 45.0 Å². The van der Waals surface area contributed by atoms with Gasteiger partial charge in [0.1, 0.15) is 0 Å². The Morgan fingerprint density at radius 3 is 1.22 bits per heavy atom. The second-order valence-corrected chi connectivity index (χ2v) is 31.9. The van der Waals surface area contributed by atoms with E-state index in [1.54, 1.807) is 43.2 Å². The van der Waals surface area contributed by atoms with Gasteiger partial charge in [-0.1, -0.05) is 111 Å². The van der Waals surface area contributed by atoms with Crippen molar-refractivity contribution in [3.8, 4) is 69.2 Å². The maximum Gasteiger partial charge on any atom is 0.228 e. The van der Waals surface area contributed by atoms with Gasteiger partial charge in [-0.05, 0) is 205 Å². The Labute approximate surface area is 725 Å². The van der Waals surface area contributed by atoms with Crippen molar-refractivity contribution in [3.63, 3.8) is 0 Å². The molecule has 11 heterocycles. The summed E-state index contributed by atoms with van der Waals surface area (Å²) in [5.74, 6) is 10.1. The van der Waals surface area contributed by atoms with E-state index in [1.165, 1.54) is 11.1 Å². The molecule has 620 valence electrons. The second-order valence-electron chi connectivity index (χ2n) is 30.2. The van der Waals surface area contributed by atoms with Gasteiger partial charge < -0.3 is 47.9 Å². The molecular weight excluding hydrogens is 1630 g/mol. The monoisotopic (exact) mass is 1720 g/mol. The molecule has 0 aliphatic carbocycles. The minimum absolute atomic E-state index is 0. The molecule has 29 heteroatoms. The van der Waals surface area contributed by atoms with Gasteiger partial charge in [0.2, 0.25) is 47.4 Å². The highest BCUT2D eigenvalue weighted by Crippen LogP contribution is 2.39. The maximum absolute atomic E-state index is 12.3. The largest absolute Gasteiger partial charge is 0.368 e. The van der Waals surface area contributed by atoms with Crippen LogP contribution in [0.4, 0.5) is 63.6 Å². The summed E-state index contributed by atoms with van der Waals surface area (Å²) in [6, 6.07) is 35.3. The van der Waals surface area contributed by atoms with Crippen molar-refractivity contribution >= 4 is 126 Å². The summed E-state index contributed by atoms with van der Waals surface area (Å²) in [6.45, 7) is 18.2. The van der Waals surface area contributed by atoms with Crippen molar-refractivity contribution in [2.24, 2.45) is 0 Å². The van der Waals surface area contributed by atoms with Crippen molar-refractivity contribution in [2.45, 2.75) is 93.9 Å². The summed E-state index contributed by atoms with van der Waals surface area (Å²) in [5, 5.41) is 22.8. The zero-order valence-corrected chi connectivity index (χ0v) is 73.1. The lowest BCUT2D eigenvalue weighted by Crippen LogP contribution is -2.13. The van der Waals surface area contributed by atoms with Crippen molar-refractivity contribution in [2.75, 3.05) is 105 Å². The molecule has 0 atom stereocenters. The molecule has 4 aliphatic rings. The van der Waals surface area contributed by atoms with Gasteiger partial charge in [0.05, 0.1) is 123 Å². The molecule has 0 unspecified atom stereocenters. The molecule has 0 spiro atoms. The average Bonchev–Trinajstić information content (AvgIpc) is 1.61. The number of halogens is 3. The fourth-order valence-corrected chi connectivity index (χ4v) is 13.7. The Balaban J connectivity index is 0.000000162. The van der Waals surface area contributed by atoms with E-state index in [4.69, 9.17) is 45.3 Å². The number of terminal acetylenes is 1. The number of aryl methyl sites for hydroxylation is 9. The summed E-state index contributed by atoms with van der Waals surface area (Å²) in [7, 11) is 12.0. The number of carbonyl (C=O) groups excluding carboxylic acids is 4. The lowest BCUT2D eigenvalue weighted by atomic mass is 10.0. The predicted molar refractivity (Wildman–Crippen MR) is 490 cm³/mol. The van der Waals surface area contributed by atoms with Gasteiger partial charge in [0, 0.05) is 104 Å². The van der Waals surface area contributed by atoms with Crippen molar-refractivity contribution < 1.29 is 20.6 Å². The van der Waals surface area contributed by atoms with E-state index in [0.717, 1.165) is 187 Å². The number of nitrogens with two attached hydrogens (primary N) is 1. The predicted octanol–water partition coefficient (Wildman–Crippen LogP) is 16.6. The van der Waals surface area contributed by atoms with E-state index >= 15 is 0 Å². The average molecular weight is 1730 g/mol. The molecule has 0 saturated heterocycles. The lowest BCUT2D eigenvalue weighted by molar-refractivity contribution is -0.116. The fraction of sp³-hybridized carbons (Fsp3) is 0.250. The lowest BCUT2D eigenvalue weighted by Gasteiger charge is -2.13. The molecule has 4 amide bonds. The van der Waals surface area contributed by atoms with Gasteiger partial charge in [0.15, 0.2) is 0 Å². The third kappa shape index (κ3) is 24.8. The molecule has 121 heavy (non-hydrogen) atoms. The number of nitrogen functional groups attached to an aromatic ring is 1. The van der Waals surface area contributed by atoms with Gasteiger partial charge in [-0.3, -0.25) is 43.9 Å². The summed E-state index contributed by atoms with van der Waals surface area (Å²) >= 11 is 15.1. The number of nitrogens with one attached hydrogen (secondary N) is 7. The van der Waals surface area contributed by atoms with Crippen LogP contribution < -0.4 is 43.0 Å². The Hall–Kier alpha value is -13.0. The minimum atomic E-state index is -0.0743. The highest BCUT2D eigenvalue weighted by atomic mass is 79.9. The molecule has 9 N–H and O–H groups in total. The summed E-state index contributed by atoms with van der Waals surface area (Å²) in [5.41, 5.74) is 30.9. The SMILES string of the molecule is C#CCN(C)C.Cc1ccc(Cl)cc1Br.Cc1ccc2c(c1)NC(=O)Cc1cnc(N)nc1-2.Cc1ccc2c(c1)NC(=O)Cc1cnc(Nc3cc(C#CCN(C)C)cnc3C)nc1-2.Cc1ccc2c(c1)NC(=O)Cc1cnc(Nc3cc(CCCN(C)C)cnc3C)nc1-2.Cc1ccc2c(c1)NC(=O)Cc1cnc(Nc3cc(Cl)cnc3C)nc1-2.[HH]. The summed E-state index contributed by atoms with van der Waals surface area (Å²) < 4.78 is 1.06. The molecule has 0 bridgehead atoms. The number of nitrogens with zero attached hydrogens (tertiary/aromatic N) is 14. The van der Waals surface area contributed by atoms with Crippen molar-refractivity contribution in [1.29, 1.82) is 0 Å².